The molecule has 3 aromatic heterocycles. The third kappa shape index (κ3) is 3.71. The van der Waals surface area contributed by atoms with Crippen LogP contribution in [0.2, 0.25) is 0 Å². The molecule has 1 saturated heterocycles. The normalized spacial score (nSPS) is 17.1. The van der Waals surface area contributed by atoms with E-state index in [4.69, 9.17) is 8.94 Å². The van der Waals surface area contributed by atoms with E-state index in [1.54, 1.807) is 12.1 Å². The molecule has 1 amide bonds. The molecule has 10 heteroatoms. The number of nitrogens with zero attached hydrogens (tertiary/aromatic N) is 3. The molecule has 146 valence electrons. The summed E-state index contributed by atoms with van der Waals surface area (Å²) < 4.78 is 48.2. The first-order valence-electron chi connectivity index (χ1n) is 8.50. The van der Waals surface area contributed by atoms with Crippen LogP contribution in [0.15, 0.2) is 51.7 Å². The van der Waals surface area contributed by atoms with E-state index in [0.717, 1.165) is 12.3 Å². The maximum Gasteiger partial charge on any atom is 0.417 e. The van der Waals surface area contributed by atoms with Crippen molar-refractivity contribution in [3.8, 4) is 11.5 Å². The Labute approximate surface area is 157 Å². The van der Waals surface area contributed by atoms with Crippen LogP contribution in [-0.2, 0) is 6.18 Å². The predicted molar refractivity (Wildman–Crippen MR) is 91.5 cm³/mol. The summed E-state index contributed by atoms with van der Waals surface area (Å²) in [6.45, 7) is 1.01. The fraction of sp³-hybridized carbons (Fsp3) is 0.278. The number of hydrogen-bond acceptors (Lipinski definition) is 6. The Morgan fingerprint density at radius 1 is 1.25 bits per heavy atom. The van der Waals surface area contributed by atoms with Gasteiger partial charge in [-0.3, -0.25) is 4.79 Å². The SMILES string of the molecule is O=C(NC1CCN(c2ccc(C(F)(F)F)cn2)C1)c1cc(-c2ccco2)on1. The molecule has 4 rings (SSSR count). The van der Waals surface area contributed by atoms with Crippen LogP contribution >= 0.6 is 0 Å². The van der Waals surface area contributed by atoms with Crippen molar-refractivity contribution in [2.75, 3.05) is 18.0 Å². The van der Waals surface area contributed by atoms with E-state index >= 15 is 0 Å². The number of carbonyl (C=O) groups excluding carboxylic acids is 1. The summed E-state index contributed by atoms with van der Waals surface area (Å²) in [7, 11) is 0. The molecular formula is C18H15F3N4O3. The number of carbonyl (C=O) groups is 1. The second-order valence-corrected chi connectivity index (χ2v) is 6.36. The molecule has 1 fully saturated rings. The van der Waals surface area contributed by atoms with E-state index < -0.39 is 17.6 Å². The summed E-state index contributed by atoms with van der Waals surface area (Å²) >= 11 is 0. The number of furan rings is 1. The number of aromatic nitrogens is 2. The molecule has 1 aliphatic rings. The fourth-order valence-electron chi connectivity index (χ4n) is 3.00. The summed E-state index contributed by atoms with van der Waals surface area (Å²) in [6, 6.07) is 7.02. The van der Waals surface area contributed by atoms with Crippen LogP contribution in [-0.4, -0.2) is 35.2 Å². The number of pyridine rings is 1. The number of rotatable bonds is 4. The highest BCUT2D eigenvalue weighted by Crippen LogP contribution is 2.30. The van der Waals surface area contributed by atoms with Crippen LogP contribution in [0.25, 0.3) is 11.5 Å². The van der Waals surface area contributed by atoms with Crippen LogP contribution in [0.4, 0.5) is 19.0 Å². The fourth-order valence-corrected chi connectivity index (χ4v) is 3.00. The van der Waals surface area contributed by atoms with Gasteiger partial charge in [-0.05, 0) is 30.7 Å². The van der Waals surface area contributed by atoms with Gasteiger partial charge in [-0.15, -0.1) is 0 Å². The molecule has 3 aromatic rings. The first kappa shape index (κ1) is 18.1. The Hall–Kier alpha value is -3.30. The molecule has 0 radical (unpaired) electrons. The van der Waals surface area contributed by atoms with E-state index in [2.05, 4.69) is 15.5 Å². The van der Waals surface area contributed by atoms with Crippen molar-refractivity contribution in [2.45, 2.75) is 18.6 Å². The van der Waals surface area contributed by atoms with E-state index in [9.17, 15) is 18.0 Å². The number of anilines is 1. The van der Waals surface area contributed by atoms with Crippen molar-refractivity contribution in [1.82, 2.24) is 15.5 Å². The highest BCUT2D eigenvalue weighted by Gasteiger charge is 2.32. The van der Waals surface area contributed by atoms with Gasteiger partial charge in [0.2, 0.25) is 5.76 Å². The molecular weight excluding hydrogens is 377 g/mol. The second kappa shape index (κ2) is 7.02. The van der Waals surface area contributed by atoms with Crippen molar-refractivity contribution >= 4 is 11.7 Å². The molecule has 7 nitrogen and oxygen atoms in total. The molecule has 1 aliphatic heterocycles. The number of alkyl halides is 3. The summed E-state index contributed by atoms with van der Waals surface area (Å²) in [4.78, 5) is 18.1. The van der Waals surface area contributed by atoms with Crippen molar-refractivity contribution < 1.29 is 26.9 Å². The first-order valence-corrected chi connectivity index (χ1v) is 8.50. The van der Waals surface area contributed by atoms with Crippen LogP contribution in [0.3, 0.4) is 0 Å². The molecule has 0 bridgehead atoms. The van der Waals surface area contributed by atoms with Crippen molar-refractivity contribution in [1.29, 1.82) is 0 Å². The minimum absolute atomic E-state index is 0.123. The van der Waals surface area contributed by atoms with Crippen LogP contribution in [0.5, 0.6) is 0 Å². The minimum atomic E-state index is -4.42. The minimum Gasteiger partial charge on any atom is -0.461 e. The maximum atomic E-state index is 12.6. The van der Waals surface area contributed by atoms with Crippen molar-refractivity contribution in [3.05, 3.63) is 54.0 Å². The zero-order valence-corrected chi connectivity index (χ0v) is 14.4. The van der Waals surface area contributed by atoms with Gasteiger partial charge in [-0.1, -0.05) is 5.16 Å². The average Bonchev–Trinajstić information content (AvgIpc) is 3.41. The van der Waals surface area contributed by atoms with Crippen molar-refractivity contribution in [2.24, 2.45) is 0 Å². The van der Waals surface area contributed by atoms with Gasteiger partial charge in [0, 0.05) is 31.4 Å². The largest absolute Gasteiger partial charge is 0.461 e. The van der Waals surface area contributed by atoms with Gasteiger partial charge < -0.3 is 19.2 Å². The Morgan fingerprint density at radius 2 is 2.11 bits per heavy atom. The first-order chi connectivity index (χ1) is 13.4. The highest BCUT2D eigenvalue weighted by molar-refractivity contribution is 5.93. The third-order valence-corrected chi connectivity index (χ3v) is 4.43. The summed E-state index contributed by atoms with van der Waals surface area (Å²) in [5, 5.41) is 6.59. The van der Waals surface area contributed by atoms with E-state index in [1.165, 1.54) is 18.4 Å². The van der Waals surface area contributed by atoms with Gasteiger partial charge in [0.05, 0.1) is 11.8 Å². The topological polar surface area (TPSA) is 84.4 Å². The molecule has 1 unspecified atom stereocenters. The second-order valence-electron chi connectivity index (χ2n) is 6.36. The smallest absolute Gasteiger partial charge is 0.417 e. The zero-order chi connectivity index (χ0) is 19.7. The lowest BCUT2D eigenvalue weighted by atomic mass is 10.2. The monoisotopic (exact) mass is 392 g/mol. The Kier molecular flexibility index (Phi) is 4.54. The van der Waals surface area contributed by atoms with Gasteiger partial charge >= 0.3 is 6.18 Å². The lowest BCUT2D eigenvalue weighted by Crippen LogP contribution is -2.37. The average molecular weight is 392 g/mol. The van der Waals surface area contributed by atoms with Gasteiger partial charge in [0.25, 0.3) is 5.91 Å². The van der Waals surface area contributed by atoms with E-state index in [-0.39, 0.29) is 11.7 Å². The predicted octanol–water partition coefficient (Wildman–Crippen LogP) is 3.36. The highest BCUT2D eigenvalue weighted by atomic mass is 19.4. The summed E-state index contributed by atoms with van der Waals surface area (Å²) in [5.41, 5.74) is -0.670. The number of amides is 1. The maximum absolute atomic E-state index is 12.6. The third-order valence-electron chi connectivity index (χ3n) is 4.43. The lowest BCUT2D eigenvalue weighted by molar-refractivity contribution is -0.137. The van der Waals surface area contributed by atoms with Gasteiger partial charge in [0.15, 0.2) is 11.5 Å². The Balaban J connectivity index is 1.36. The van der Waals surface area contributed by atoms with Crippen LogP contribution < -0.4 is 10.2 Å². The number of hydrogen-bond donors (Lipinski definition) is 1. The van der Waals surface area contributed by atoms with Gasteiger partial charge in [-0.2, -0.15) is 13.2 Å². The molecule has 4 heterocycles. The molecule has 0 aliphatic carbocycles. The standard InChI is InChI=1S/C18H15F3N4O3/c19-18(20,21)11-3-4-16(22-9-11)25-6-5-12(10-25)23-17(26)13-8-15(28-24-13)14-2-1-7-27-14/h1-4,7-9,12H,5-6,10H2,(H,23,26). The molecule has 0 aromatic carbocycles. The summed E-state index contributed by atoms with van der Waals surface area (Å²) in [6.07, 6.45) is -1.48. The molecule has 0 saturated carbocycles. The van der Waals surface area contributed by atoms with E-state index in [0.29, 0.717) is 36.8 Å². The van der Waals surface area contributed by atoms with Crippen LogP contribution in [0.1, 0.15) is 22.5 Å². The summed E-state index contributed by atoms with van der Waals surface area (Å²) in [5.74, 6) is 0.851. The Bertz CT molecular complexity index is 951. The van der Waals surface area contributed by atoms with E-state index in [1.807, 2.05) is 4.90 Å². The number of nitrogens with one attached hydrogen (secondary N) is 1. The van der Waals surface area contributed by atoms with Crippen molar-refractivity contribution in [3.63, 3.8) is 0 Å². The van der Waals surface area contributed by atoms with Gasteiger partial charge in [-0.25, -0.2) is 4.98 Å². The number of halogens is 3. The van der Waals surface area contributed by atoms with Crippen LogP contribution in [0, 0.1) is 0 Å². The Morgan fingerprint density at radius 3 is 2.79 bits per heavy atom. The quantitative estimate of drug-likeness (QED) is 0.733. The zero-order valence-electron chi connectivity index (χ0n) is 14.4. The molecule has 0 spiro atoms. The molecule has 1 N–H and O–H groups in total. The molecule has 28 heavy (non-hydrogen) atoms. The molecule has 1 atom stereocenters. The lowest BCUT2D eigenvalue weighted by Gasteiger charge is -2.18. The van der Waals surface area contributed by atoms with Gasteiger partial charge in [0.1, 0.15) is 5.82 Å².